The Morgan fingerprint density at radius 1 is 1.18 bits per heavy atom. The Kier molecular flexibility index (Phi) is 12.1. The first-order valence-electron chi connectivity index (χ1n) is 7.22. The van der Waals surface area contributed by atoms with Crippen molar-refractivity contribution in [3.63, 3.8) is 0 Å². The van der Waals surface area contributed by atoms with Crippen LogP contribution < -0.4 is 5.32 Å². The molecule has 22 heavy (non-hydrogen) atoms. The summed E-state index contributed by atoms with van der Waals surface area (Å²) in [5.41, 5.74) is -2.43. The number of rotatable bonds is 11. The van der Waals surface area contributed by atoms with Crippen molar-refractivity contribution >= 4 is 51.7 Å². The van der Waals surface area contributed by atoms with Crippen LogP contribution in [0.3, 0.4) is 0 Å². The Balaban J connectivity index is 4.19. The third-order valence-electron chi connectivity index (χ3n) is 1.97. The molecule has 0 aromatic rings. The molecule has 5 nitrogen and oxygen atoms in total. The zero-order valence-corrected chi connectivity index (χ0v) is 17.1. The molecule has 0 unspecified atom stereocenters. The van der Waals surface area contributed by atoms with Crippen LogP contribution in [0.2, 0.25) is 0 Å². The standard InChI is InChI=1S/C13H26NO4PS3/c1-6-14-12(15)9-21-13(16)7-8-22-19(20,17-10(2)3)18-11(4)5/h10-11H,6-9H2,1-5H3,(H,14,15). The van der Waals surface area contributed by atoms with Crippen LogP contribution >= 0.6 is 28.8 Å². The number of amides is 1. The first kappa shape index (κ1) is 22.4. The summed E-state index contributed by atoms with van der Waals surface area (Å²) in [4.78, 5) is 23.0. The predicted molar refractivity (Wildman–Crippen MR) is 100.0 cm³/mol. The van der Waals surface area contributed by atoms with Crippen molar-refractivity contribution in [3.05, 3.63) is 0 Å². The second-order valence-corrected chi connectivity index (χ2v) is 12.3. The van der Waals surface area contributed by atoms with Crippen molar-refractivity contribution in [2.45, 2.75) is 53.2 Å². The Hall–Kier alpha value is 0.410. The van der Waals surface area contributed by atoms with Crippen molar-refractivity contribution < 1.29 is 18.6 Å². The summed E-state index contributed by atoms with van der Waals surface area (Å²) in [5.74, 6) is 0.582. The number of thioether (sulfide) groups is 1. The number of nitrogens with one attached hydrogen (secondary N) is 1. The van der Waals surface area contributed by atoms with Gasteiger partial charge in [-0.05, 0) is 46.4 Å². The lowest BCUT2D eigenvalue weighted by Gasteiger charge is -2.25. The molecule has 0 atom stereocenters. The molecule has 0 aliphatic rings. The fourth-order valence-electron chi connectivity index (χ4n) is 1.31. The number of carbonyl (C=O) groups excluding carboxylic acids is 2. The molecule has 0 rings (SSSR count). The zero-order valence-electron chi connectivity index (χ0n) is 13.8. The summed E-state index contributed by atoms with van der Waals surface area (Å²) in [6, 6.07) is 0. The maximum absolute atomic E-state index is 11.7. The Morgan fingerprint density at radius 2 is 1.73 bits per heavy atom. The molecule has 0 saturated heterocycles. The monoisotopic (exact) mass is 387 g/mol. The lowest BCUT2D eigenvalue weighted by molar-refractivity contribution is -0.118. The van der Waals surface area contributed by atoms with Crippen LogP contribution in [-0.2, 0) is 30.4 Å². The fraction of sp³-hybridized carbons (Fsp3) is 0.846. The molecule has 0 saturated carbocycles. The van der Waals surface area contributed by atoms with Crippen LogP contribution in [0.1, 0.15) is 41.0 Å². The van der Waals surface area contributed by atoms with Crippen LogP contribution in [0, 0.1) is 0 Å². The first-order valence-corrected chi connectivity index (χ1v) is 12.4. The highest BCUT2D eigenvalue weighted by atomic mass is 32.9. The minimum atomic E-state index is -2.43. The van der Waals surface area contributed by atoms with Crippen molar-refractivity contribution in [2.24, 2.45) is 0 Å². The number of hydrogen-bond acceptors (Lipinski definition) is 7. The first-order chi connectivity index (χ1) is 10.2. The van der Waals surface area contributed by atoms with Crippen LogP contribution in [0.25, 0.3) is 0 Å². The molecular formula is C13H26NO4PS3. The molecule has 0 fully saturated rings. The van der Waals surface area contributed by atoms with E-state index in [9.17, 15) is 9.59 Å². The molecule has 0 radical (unpaired) electrons. The van der Waals surface area contributed by atoms with Gasteiger partial charge in [0, 0.05) is 18.7 Å². The lowest BCUT2D eigenvalue weighted by atomic mass is 10.5. The molecule has 1 N–H and O–H groups in total. The number of carbonyl (C=O) groups is 2. The smallest absolute Gasteiger partial charge is 0.247 e. The summed E-state index contributed by atoms with van der Waals surface area (Å²) >= 11 is 7.93. The third kappa shape index (κ3) is 11.9. The van der Waals surface area contributed by atoms with Crippen LogP contribution in [0.4, 0.5) is 0 Å². The highest BCUT2D eigenvalue weighted by molar-refractivity contribution is 8.67. The molecular weight excluding hydrogens is 361 g/mol. The minimum Gasteiger partial charge on any atom is -0.356 e. The fourth-order valence-corrected chi connectivity index (χ4v) is 7.83. The van der Waals surface area contributed by atoms with E-state index in [4.69, 9.17) is 20.9 Å². The zero-order chi connectivity index (χ0) is 17.2. The second-order valence-electron chi connectivity index (χ2n) is 4.95. The molecule has 1 amide bonds. The Labute approximate surface area is 147 Å². The lowest BCUT2D eigenvalue weighted by Crippen LogP contribution is -2.25. The van der Waals surface area contributed by atoms with E-state index in [1.165, 1.54) is 11.4 Å². The topological polar surface area (TPSA) is 64.6 Å². The van der Waals surface area contributed by atoms with Crippen LogP contribution in [0.15, 0.2) is 0 Å². The van der Waals surface area contributed by atoms with Crippen molar-refractivity contribution in [3.8, 4) is 0 Å². The number of hydrogen-bond donors (Lipinski definition) is 1. The molecule has 9 heteroatoms. The van der Waals surface area contributed by atoms with E-state index in [1.807, 2.05) is 34.6 Å². The van der Waals surface area contributed by atoms with Gasteiger partial charge in [-0.25, -0.2) is 0 Å². The van der Waals surface area contributed by atoms with Gasteiger partial charge < -0.3 is 14.4 Å². The summed E-state index contributed by atoms with van der Waals surface area (Å²) in [6.45, 7) is 10.1. The highest BCUT2D eigenvalue weighted by Gasteiger charge is 2.23. The molecule has 0 aliphatic carbocycles. The van der Waals surface area contributed by atoms with E-state index >= 15 is 0 Å². The summed E-state index contributed by atoms with van der Waals surface area (Å²) in [6.07, 6.45) is 0.315. The summed E-state index contributed by atoms with van der Waals surface area (Å²) < 4.78 is 11.5. The van der Waals surface area contributed by atoms with Gasteiger partial charge in [0.15, 0.2) is 5.12 Å². The maximum Gasteiger partial charge on any atom is 0.247 e. The second kappa shape index (κ2) is 11.9. The van der Waals surface area contributed by atoms with E-state index in [2.05, 4.69) is 5.32 Å². The SMILES string of the molecule is CCNC(=O)CSC(=O)CCSP(=S)(OC(C)C)OC(C)C. The molecule has 130 valence electrons. The maximum atomic E-state index is 11.7. The van der Waals surface area contributed by atoms with Gasteiger partial charge in [0.05, 0.1) is 18.0 Å². The van der Waals surface area contributed by atoms with Gasteiger partial charge >= 0.3 is 0 Å². The van der Waals surface area contributed by atoms with Gasteiger partial charge in [0.25, 0.3) is 0 Å². The van der Waals surface area contributed by atoms with Gasteiger partial charge in [-0.15, -0.1) is 0 Å². The van der Waals surface area contributed by atoms with E-state index < -0.39 is 5.69 Å². The molecule has 0 heterocycles. The largest absolute Gasteiger partial charge is 0.356 e. The van der Waals surface area contributed by atoms with Gasteiger partial charge in [0.2, 0.25) is 11.6 Å². The van der Waals surface area contributed by atoms with Crippen molar-refractivity contribution in [1.29, 1.82) is 0 Å². The average molecular weight is 388 g/mol. The molecule has 0 aromatic heterocycles. The van der Waals surface area contributed by atoms with Gasteiger partial charge in [-0.3, -0.25) is 9.59 Å². The van der Waals surface area contributed by atoms with Crippen LogP contribution in [-0.4, -0.2) is 41.3 Å². The Bertz CT molecular complexity index is 391. The van der Waals surface area contributed by atoms with Gasteiger partial charge in [-0.2, -0.15) is 0 Å². The third-order valence-corrected chi connectivity index (χ3v) is 8.45. The van der Waals surface area contributed by atoms with E-state index in [-0.39, 0.29) is 29.0 Å². The van der Waals surface area contributed by atoms with E-state index in [1.54, 1.807) is 0 Å². The van der Waals surface area contributed by atoms with Crippen LogP contribution in [0.5, 0.6) is 0 Å². The Morgan fingerprint density at radius 3 is 2.18 bits per heavy atom. The van der Waals surface area contributed by atoms with E-state index in [0.717, 1.165) is 11.8 Å². The highest BCUT2D eigenvalue weighted by Crippen LogP contribution is 2.62. The molecule has 0 aliphatic heterocycles. The average Bonchev–Trinajstić information content (AvgIpc) is 2.34. The van der Waals surface area contributed by atoms with Crippen molar-refractivity contribution in [1.82, 2.24) is 5.32 Å². The minimum absolute atomic E-state index is 0.0140. The normalized spacial score (nSPS) is 12.0. The molecule has 0 aromatic carbocycles. The molecule has 0 spiro atoms. The van der Waals surface area contributed by atoms with Crippen molar-refractivity contribution in [2.75, 3.05) is 18.1 Å². The van der Waals surface area contributed by atoms with E-state index in [0.29, 0.717) is 18.7 Å². The quantitative estimate of drug-likeness (QED) is 0.544. The molecule has 0 bridgehead atoms. The van der Waals surface area contributed by atoms with Gasteiger partial charge in [-0.1, -0.05) is 23.1 Å². The summed E-state index contributed by atoms with van der Waals surface area (Å²) in [7, 11) is 0. The predicted octanol–water partition coefficient (Wildman–Crippen LogP) is 3.58. The van der Waals surface area contributed by atoms with Gasteiger partial charge in [0.1, 0.15) is 0 Å². The summed E-state index contributed by atoms with van der Waals surface area (Å²) in [5, 5.41) is 2.64.